The number of benzene rings is 1. The number of ether oxygens (including phenoxy) is 1. The highest BCUT2D eigenvalue weighted by atomic mass is 32.1. The van der Waals surface area contributed by atoms with Crippen LogP contribution in [0.5, 0.6) is 5.75 Å². The molecule has 2 aromatic rings. The van der Waals surface area contributed by atoms with Gasteiger partial charge < -0.3 is 15.2 Å². The van der Waals surface area contributed by atoms with Crippen molar-refractivity contribution in [3.63, 3.8) is 0 Å². The minimum atomic E-state index is -0.891. The van der Waals surface area contributed by atoms with Gasteiger partial charge >= 0.3 is 5.97 Å². The molecule has 1 aromatic heterocycles. The van der Waals surface area contributed by atoms with Gasteiger partial charge in [-0.1, -0.05) is 12.8 Å². The molecule has 1 aliphatic carbocycles. The second-order valence-electron chi connectivity index (χ2n) is 6.09. The number of hydrogen-bond acceptors (Lipinski definition) is 5. The van der Waals surface area contributed by atoms with Crippen LogP contribution in [-0.2, 0) is 9.59 Å². The number of rotatable bonds is 5. The maximum absolute atomic E-state index is 12.5. The van der Waals surface area contributed by atoms with Gasteiger partial charge in [-0.25, -0.2) is 4.98 Å². The lowest BCUT2D eigenvalue weighted by Gasteiger charge is -2.26. The van der Waals surface area contributed by atoms with Crippen LogP contribution in [0, 0.1) is 11.8 Å². The lowest BCUT2D eigenvalue weighted by atomic mass is 9.79. The maximum Gasteiger partial charge on any atom is 0.307 e. The van der Waals surface area contributed by atoms with Gasteiger partial charge in [0.2, 0.25) is 5.91 Å². The predicted octanol–water partition coefficient (Wildman–Crippen LogP) is 3.65. The fourth-order valence-corrected chi connectivity index (χ4v) is 3.89. The van der Waals surface area contributed by atoms with E-state index >= 15 is 0 Å². The van der Waals surface area contributed by atoms with E-state index in [1.807, 2.05) is 29.6 Å². The van der Waals surface area contributed by atoms with E-state index in [4.69, 9.17) is 4.74 Å². The van der Waals surface area contributed by atoms with Crippen LogP contribution in [0.3, 0.4) is 0 Å². The predicted molar refractivity (Wildman–Crippen MR) is 95.8 cm³/mol. The Hall–Kier alpha value is -2.41. The molecule has 0 radical (unpaired) electrons. The summed E-state index contributed by atoms with van der Waals surface area (Å²) in [6.07, 6.45) is 2.92. The molecule has 1 aromatic carbocycles. The first kappa shape index (κ1) is 17.4. The molecule has 0 bridgehead atoms. The molecule has 2 N–H and O–H groups in total. The number of amides is 1. The van der Waals surface area contributed by atoms with Gasteiger partial charge in [0, 0.05) is 10.9 Å². The summed E-state index contributed by atoms with van der Waals surface area (Å²) in [5, 5.41) is 14.5. The maximum atomic E-state index is 12.5. The van der Waals surface area contributed by atoms with E-state index in [9.17, 15) is 14.7 Å². The summed E-state index contributed by atoms with van der Waals surface area (Å²) < 4.78 is 5.14. The van der Waals surface area contributed by atoms with Crippen LogP contribution in [0.15, 0.2) is 29.6 Å². The summed E-state index contributed by atoms with van der Waals surface area (Å²) in [5.74, 6) is -1.46. The minimum Gasteiger partial charge on any atom is -0.497 e. The topological polar surface area (TPSA) is 88.5 Å². The lowest BCUT2D eigenvalue weighted by molar-refractivity contribution is -0.147. The standard InChI is InChI=1S/C18H20N2O4S/c1-24-12-8-6-11(7-9-12)15-10-25-18(19-15)20-16(21)13-4-2-3-5-14(13)17(22)23/h6-10,13-14H,2-5H2,1H3,(H,22,23)(H,19,20,21)/t13-,14+/m1/s1. The monoisotopic (exact) mass is 360 g/mol. The van der Waals surface area contributed by atoms with Crippen molar-refractivity contribution in [3.05, 3.63) is 29.6 Å². The van der Waals surface area contributed by atoms with E-state index in [1.54, 1.807) is 7.11 Å². The van der Waals surface area contributed by atoms with Crippen LogP contribution in [0.25, 0.3) is 11.3 Å². The van der Waals surface area contributed by atoms with E-state index in [1.165, 1.54) is 11.3 Å². The van der Waals surface area contributed by atoms with Crippen LogP contribution >= 0.6 is 11.3 Å². The van der Waals surface area contributed by atoms with Crippen LogP contribution in [0.4, 0.5) is 5.13 Å². The zero-order chi connectivity index (χ0) is 17.8. The molecule has 0 unspecified atom stereocenters. The SMILES string of the molecule is COc1ccc(-c2csc(NC(=O)[C@@H]3CCCC[C@@H]3C(=O)O)n2)cc1. The van der Waals surface area contributed by atoms with Gasteiger partial charge in [0.25, 0.3) is 0 Å². The Balaban J connectivity index is 1.69. The van der Waals surface area contributed by atoms with Crippen molar-refractivity contribution < 1.29 is 19.4 Å². The molecule has 1 aliphatic rings. The average Bonchev–Trinajstić information content (AvgIpc) is 3.10. The minimum absolute atomic E-state index is 0.247. The Morgan fingerprint density at radius 1 is 1.20 bits per heavy atom. The number of carbonyl (C=O) groups excluding carboxylic acids is 1. The number of aliphatic carboxylic acids is 1. The number of aromatic nitrogens is 1. The van der Waals surface area contributed by atoms with Crippen molar-refractivity contribution >= 4 is 28.3 Å². The van der Waals surface area contributed by atoms with Crippen molar-refractivity contribution in [1.82, 2.24) is 4.98 Å². The van der Waals surface area contributed by atoms with Crippen LogP contribution in [0.2, 0.25) is 0 Å². The van der Waals surface area contributed by atoms with Gasteiger partial charge in [-0.05, 0) is 37.1 Å². The number of methoxy groups -OCH3 is 1. The molecule has 0 saturated heterocycles. The van der Waals surface area contributed by atoms with Crippen LogP contribution in [0.1, 0.15) is 25.7 Å². The number of thiazole rings is 1. The Labute approximate surface area is 149 Å². The molecule has 25 heavy (non-hydrogen) atoms. The molecule has 2 atom stereocenters. The van der Waals surface area contributed by atoms with Crippen molar-refractivity contribution in [2.75, 3.05) is 12.4 Å². The number of carboxylic acids is 1. The van der Waals surface area contributed by atoms with Gasteiger partial charge in [0.15, 0.2) is 5.13 Å². The van der Waals surface area contributed by atoms with E-state index in [0.717, 1.165) is 29.8 Å². The molecule has 132 valence electrons. The first-order valence-electron chi connectivity index (χ1n) is 8.22. The highest BCUT2D eigenvalue weighted by Gasteiger charge is 2.35. The first-order chi connectivity index (χ1) is 12.1. The lowest BCUT2D eigenvalue weighted by Crippen LogP contribution is -2.36. The Kier molecular flexibility index (Phi) is 5.33. The molecule has 7 heteroatoms. The quantitative estimate of drug-likeness (QED) is 0.850. The van der Waals surface area contributed by atoms with Gasteiger partial charge in [-0.15, -0.1) is 11.3 Å². The molecule has 1 amide bonds. The molecule has 1 saturated carbocycles. The number of nitrogens with one attached hydrogen (secondary N) is 1. The highest BCUT2D eigenvalue weighted by Crippen LogP contribution is 2.32. The number of hydrogen-bond donors (Lipinski definition) is 2. The zero-order valence-electron chi connectivity index (χ0n) is 13.9. The number of carbonyl (C=O) groups is 2. The largest absolute Gasteiger partial charge is 0.497 e. The van der Waals surface area contributed by atoms with Crippen molar-refractivity contribution in [3.8, 4) is 17.0 Å². The van der Waals surface area contributed by atoms with Gasteiger partial charge in [0.1, 0.15) is 5.75 Å². The summed E-state index contributed by atoms with van der Waals surface area (Å²) in [5.41, 5.74) is 1.69. The Morgan fingerprint density at radius 2 is 1.88 bits per heavy atom. The fourth-order valence-electron chi connectivity index (χ4n) is 3.16. The smallest absolute Gasteiger partial charge is 0.307 e. The van der Waals surface area contributed by atoms with Crippen molar-refractivity contribution in [2.45, 2.75) is 25.7 Å². The molecular formula is C18H20N2O4S. The molecule has 3 rings (SSSR count). The molecular weight excluding hydrogens is 340 g/mol. The summed E-state index contributed by atoms with van der Waals surface area (Å²) in [7, 11) is 1.61. The van der Waals surface area contributed by atoms with E-state index in [-0.39, 0.29) is 5.91 Å². The molecule has 1 heterocycles. The average molecular weight is 360 g/mol. The van der Waals surface area contributed by atoms with Gasteiger partial charge in [-0.3, -0.25) is 9.59 Å². The summed E-state index contributed by atoms with van der Waals surface area (Å²) >= 11 is 1.33. The fraction of sp³-hybridized carbons (Fsp3) is 0.389. The molecule has 0 spiro atoms. The van der Waals surface area contributed by atoms with E-state index in [0.29, 0.717) is 18.0 Å². The third-order valence-corrected chi connectivity index (χ3v) is 5.30. The van der Waals surface area contributed by atoms with E-state index in [2.05, 4.69) is 10.3 Å². The number of nitrogens with zero attached hydrogens (tertiary/aromatic N) is 1. The molecule has 6 nitrogen and oxygen atoms in total. The molecule has 0 aliphatic heterocycles. The summed E-state index contributed by atoms with van der Waals surface area (Å²) in [4.78, 5) is 28.3. The Morgan fingerprint density at radius 3 is 2.52 bits per heavy atom. The van der Waals surface area contributed by atoms with Crippen LogP contribution in [-0.4, -0.2) is 29.1 Å². The Bertz CT molecular complexity index is 757. The zero-order valence-corrected chi connectivity index (χ0v) is 14.7. The van der Waals surface area contributed by atoms with Gasteiger partial charge in [0.05, 0.1) is 24.6 Å². The second-order valence-corrected chi connectivity index (χ2v) is 6.95. The second kappa shape index (κ2) is 7.65. The van der Waals surface area contributed by atoms with Crippen molar-refractivity contribution in [2.24, 2.45) is 11.8 Å². The van der Waals surface area contributed by atoms with Crippen LogP contribution < -0.4 is 10.1 Å². The summed E-state index contributed by atoms with van der Waals surface area (Å²) in [6, 6.07) is 7.51. The number of anilines is 1. The van der Waals surface area contributed by atoms with Crippen molar-refractivity contribution in [1.29, 1.82) is 0 Å². The van der Waals surface area contributed by atoms with E-state index < -0.39 is 17.8 Å². The first-order valence-corrected chi connectivity index (χ1v) is 9.10. The normalized spacial score (nSPS) is 20.0. The highest BCUT2D eigenvalue weighted by molar-refractivity contribution is 7.14. The van der Waals surface area contributed by atoms with Gasteiger partial charge in [-0.2, -0.15) is 0 Å². The third kappa shape index (κ3) is 3.99. The molecule has 1 fully saturated rings. The number of carboxylic acid groups (broad SMARTS) is 1. The third-order valence-electron chi connectivity index (χ3n) is 4.54. The summed E-state index contributed by atoms with van der Waals surface area (Å²) in [6.45, 7) is 0.